The van der Waals surface area contributed by atoms with E-state index in [1.807, 2.05) is 24.3 Å². The van der Waals surface area contributed by atoms with Crippen LogP contribution in [0.15, 0.2) is 72.8 Å². The summed E-state index contributed by atoms with van der Waals surface area (Å²) in [5.41, 5.74) is 4.59. The summed E-state index contributed by atoms with van der Waals surface area (Å²) < 4.78 is 12.9. The minimum Gasteiger partial charge on any atom is -0.309 e. The standard InChI is InChI=1S/C20H17ClFN/c21-19-8-6-17(7-9-19)18-3-1-2-16(12-18)14-23-13-15-4-10-20(22)11-5-15/h1-12,23H,13-14H2. The van der Waals surface area contributed by atoms with Gasteiger partial charge in [-0.2, -0.15) is 0 Å². The lowest BCUT2D eigenvalue weighted by Crippen LogP contribution is -2.12. The van der Waals surface area contributed by atoms with E-state index in [0.29, 0.717) is 6.54 Å². The van der Waals surface area contributed by atoms with Crippen molar-refractivity contribution < 1.29 is 4.39 Å². The lowest BCUT2D eigenvalue weighted by atomic mass is 10.0. The predicted octanol–water partition coefficient (Wildman–Crippen LogP) is 5.44. The molecule has 1 N–H and O–H groups in total. The highest BCUT2D eigenvalue weighted by molar-refractivity contribution is 6.30. The van der Waals surface area contributed by atoms with Crippen molar-refractivity contribution in [2.45, 2.75) is 13.1 Å². The molecule has 1 nitrogen and oxygen atoms in total. The Kier molecular flexibility index (Phi) is 5.06. The average molecular weight is 326 g/mol. The molecule has 0 aromatic heterocycles. The topological polar surface area (TPSA) is 12.0 Å². The molecule has 23 heavy (non-hydrogen) atoms. The Hall–Kier alpha value is -2.16. The summed E-state index contributed by atoms with van der Waals surface area (Å²) in [7, 11) is 0. The second-order valence-corrected chi connectivity index (χ2v) is 5.87. The van der Waals surface area contributed by atoms with Gasteiger partial charge in [0.05, 0.1) is 0 Å². The molecule has 0 heterocycles. The SMILES string of the molecule is Fc1ccc(CNCc2cccc(-c3ccc(Cl)cc3)c2)cc1. The molecule has 3 heteroatoms. The van der Waals surface area contributed by atoms with Gasteiger partial charge in [-0.05, 0) is 52.6 Å². The van der Waals surface area contributed by atoms with Gasteiger partial charge in [-0.3, -0.25) is 0 Å². The first-order chi connectivity index (χ1) is 11.2. The zero-order valence-corrected chi connectivity index (χ0v) is 13.4. The summed E-state index contributed by atoms with van der Waals surface area (Å²) >= 11 is 5.93. The Morgan fingerprint density at radius 3 is 2.17 bits per heavy atom. The van der Waals surface area contributed by atoms with Gasteiger partial charge in [0.2, 0.25) is 0 Å². The van der Waals surface area contributed by atoms with Crippen molar-refractivity contribution in [2.24, 2.45) is 0 Å². The van der Waals surface area contributed by atoms with Crippen LogP contribution in [-0.4, -0.2) is 0 Å². The van der Waals surface area contributed by atoms with Crippen LogP contribution in [0.3, 0.4) is 0 Å². The van der Waals surface area contributed by atoms with Crippen molar-refractivity contribution in [1.82, 2.24) is 5.32 Å². The second-order valence-electron chi connectivity index (χ2n) is 5.44. The summed E-state index contributed by atoms with van der Waals surface area (Å²) in [4.78, 5) is 0. The summed E-state index contributed by atoms with van der Waals surface area (Å²) in [6.45, 7) is 1.48. The van der Waals surface area contributed by atoms with Gasteiger partial charge in [0.25, 0.3) is 0 Å². The third kappa shape index (κ3) is 4.41. The quantitative estimate of drug-likeness (QED) is 0.659. The maximum absolute atomic E-state index is 12.9. The first kappa shape index (κ1) is 15.7. The van der Waals surface area contributed by atoms with Crippen LogP contribution in [0.5, 0.6) is 0 Å². The van der Waals surface area contributed by atoms with Gasteiger partial charge in [0.1, 0.15) is 5.82 Å². The monoisotopic (exact) mass is 325 g/mol. The van der Waals surface area contributed by atoms with Crippen molar-refractivity contribution in [3.8, 4) is 11.1 Å². The average Bonchev–Trinajstić information content (AvgIpc) is 2.58. The highest BCUT2D eigenvalue weighted by atomic mass is 35.5. The molecule has 3 aromatic carbocycles. The van der Waals surface area contributed by atoms with Crippen LogP contribution in [0, 0.1) is 5.82 Å². The smallest absolute Gasteiger partial charge is 0.123 e. The number of rotatable bonds is 5. The summed E-state index contributed by atoms with van der Waals surface area (Å²) in [5, 5.41) is 4.12. The van der Waals surface area contributed by atoms with E-state index in [1.165, 1.54) is 23.3 Å². The van der Waals surface area contributed by atoms with E-state index in [1.54, 1.807) is 12.1 Å². The maximum atomic E-state index is 12.9. The molecule has 116 valence electrons. The molecule has 0 radical (unpaired) electrons. The molecular formula is C20H17ClFN. The largest absolute Gasteiger partial charge is 0.309 e. The van der Waals surface area contributed by atoms with Crippen molar-refractivity contribution in [2.75, 3.05) is 0 Å². The fourth-order valence-corrected chi connectivity index (χ4v) is 2.58. The van der Waals surface area contributed by atoms with Crippen molar-refractivity contribution in [1.29, 1.82) is 0 Å². The first-order valence-electron chi connectivity index (χ1n) is 7.51. The van der Waals surface area contributed by atoms with E-state index in [2.05, 4.69) is 29.6 Å². The molecule has 3 aromatic rings. The Bertz CT molecular complexity index is 766. The molecule has 0 fully saturated rings. The molecule has 0 amide bonds. The van der Waals surface area contributed by atoms with Crippen LogP contribution in [0.2, 0.25) is 5.02 Å². The van der Waals surface area contributed by atoms with Crippen LogP contribution in [0.1, 0.15) is 11.1 Å². The van der Waals surface area contributed by atoms with Crippen molar-refractivity contribution >= 4 is 11.6 Å². The highest BCUT2D eigenvalue weighted by Crippen LogP contribution is 2.22. The Morgan fingerprint density at radius 1 is 0.739 bits per heavy atom. The number of hydrogen-bond donors (Lipinski definition) is 1. The maximum Gasteiger partial charge on any atom is 0.123 e. The lowest BCUT2D eigenvalue weighted by molar-refractivity contribution is 0.625. The van der Waals surface area contributed by atoms with Crippen LogP contribution < -0.4 is 5.32 Å². The molecule has 0 atom stereocenters. The van der Waals surface area contributed by atoms with Gasteiger partial charge in [0.15, 0.2) is 0 Å². The molecule has 0 aliphatic carbocycles. The third-order valence-corrected chi connectivity index (χ3v) is 3.93. The van der Waals surface area contributed by atoms with E-state index in [9.17, 15) is 4.39 Å². The predicted molar refractivity (Wildman–Crippen MR) is 93.8 cm³/mol. The van der Waals surface area contributed by atoms with Crippen molar-refractivity contribution in [3.05, 3.63) is 94.8 Å². The molecule has 0 saturated heterocycles. The zero-order valence-electron chi connectivity index (χ0n) is 12.6. The summed E-state index contributed by atoms with van der Waals surface area (Å²) in [6.07, 6.45) is 0. The fraction of sp³-hybridized carbons (Fsp3) is 0.100. The molecular weight excluding hydrogens is 309 g/mol. The van der Waals surface area contributed by atoms with Crippen LogP contribution in [0.25, 0.3) is 11.1 Å². The second kappa shape index (κ2) is 7.40. The van der Waals surface area contributed by atoms with E-state index in [-0.39, 0.29) is 5.82 Å². The number of halogens is 2. The third-order valence-electron chi connectivity index (χ3n) is 3.68. The molecule has 0 bridgehead atoms. The van der Waals surface area contributed by atoms with E-state index < -0.39 is 0 Å². The Labute approximate surface area is 140 Å². The minimum absolute atomic E-state index is 0.204. The van der Waals surface area contributed by atoms with E-state index in [4.69, 9.17) is 11.6 Å². The first-order valence-corrected chi connectivity index (χ1v) is 7.88. The van der Waals surface area contributed by atoms with Gasteiger partial charge in [-0.15, -0.1) is 0 Å². The van der Waals surface area contributed by atoms with Crippen molar-refractivity contribution in [3.63, 3.8) is 0 Å². The zero-order chi connectivity index (χ0) is 16.1. The number of hydrogen-bond acceptors (Lipinski definition) is 1. The fourth-order valence-electron chi connectivity index (χ4n) is 2.46. The summed E-state index contributed by atoms with van der Waals surface area (Å²) in [6, 6.07) is 22.8. The minimum atomic E-state index is -0.204. The van der Waals surface area contributed by atoms with Gasteiger partial charge in [0, 0.05) is 18.1 Å². The van der Waals surface area contributed by atoms with E-state index >= 15 is 0 Å². The molecule has 0 aliphatic heterocycles. The highest BCUT2D eigenvalue weighted by Gasteiger charge is 2.00. The van der Waals surface area contributed by atoms with Gasteiger partial charge < -0.3 is 5.32 Å². The Morgan fingerprint density at radius 2 is 1.43 bits per heavy atom. The van der Waals surface area contributed by atoms with Crippen LogP contribution in [0.4, 0.5) is 4.39 Å². The number of benzene rings is 3. The Balaban J connectivity index is 1.63. The van der Waals surface area contributed by atoms with Crippen LogP contribution in [-0.2, 0) is 13.1 Å². The van der Waals surface area contributed by atoms with Crippen LogP contribution >= 0.6 is 11.6 Å². The van der Waals surface area contributed by atoms with Gasteiger partial charge in [-0.25, -0.2) is 4.39 Å². The summed E-state index contributed by atoms with van der Waals surface area (Å²) in [5.74, 6) is -0.204. The molecule has 0 aliphatic rings. The molecule has 0 spiro atoms. The van der Waals surface area contributed by atoms with Gasteiger partial charge >= 0.3 is 0 Å². The normalized spacial score (nSPS) is 10.7. The molecule has 0 saturated carbocycles. The lowest BCUT2D eigenvalue weighted by Gasteiger charge is -2.08. The number of nitrogens with one attached hydrogen (secondary N) is 1. The molecule has 0 unspecified atom stereocenters. The van der Waals surface area contributed by atoms with E-state index in [0.717, 1.165) is 22.7 Å². The molecule has 3 rings (SSSR count). The van der Waals surface area contributed by atoms with Gasteiger partial charge in [-0.1, -0.05) is 54.1 Å².